The number of rotatable bonds is 2. The van der Waals surface area contributed by atoms with Crippen molar-refractivity contribution in [1.29, 1.82) is 0 Å². The van der Waals surface area contributed by atoms with E-state index in [9.17, 15) is 9.59 Å². The van der Waals surface area contributed by atoms with Crippen LogP contribution in [0, 0.1) is 12.3 Å². The zero-order valence-electron chi connectivity index (χ0n) is 6.88. The van der Waals surface area contributed by atoms with Gasteiger partial charge in [0.15, 0.2) is 0 Å². The van der Waals surface area contributed by atoms with Crippen molar-refractivity contribution in [2.75, 3.05) is 0 Å². The zero-order valence-corrected chi connectivity index (χ0v) is 11.2. The smallest absolute Gasteiger partial charge is 0.223 e. The molecule has 0 spiro atoms. The van der Waals surface area contributed by atoms with Crippen LogP contribution in [-0.2, 0) is 0 Å². The first-order chi connectivity index (χ1) is 6.56. The Morgan fingerprint density at radius 2 is 1.86 bits per heavy atom. The van der Waals surface area contributed by atoms with Crippen LogP contribution < -0.4 is 0 Å². The van der Waals surface area contributed by atoms with Gasteiger partial charge in [-0.15, -0.1) is 6.42 Å². The summed E-state index contributed by atoms with van der Waals surface area (Å²) in [7, 11) is 0. The lowest BCUT2D eigenvalue weighted by Crippen LogP contribution is -1.97. The summed E-state index contributed by atoms with van der Waals surface area (Å²) in [6.45, 7) is 0. The van der Waals surface area contributed by atoms with Crippen LogP contribution in [0.15, 0.2) is 18.2 Å². The first kappa shape index (κ1) is 11.7. The van der Waals surface area contributed by atoms with Crippen LogP contribution in [0.1, 0.15) is 26.3 Å². The van der Waals surface area contributed by atoms with Gasteiger partial charge in [-0.05, 0) is 18.2 Å². The van der Waals surface area contributed by atoms with Crippen LogP contribution in [0.5, 0.6) is 0 Å². The summed E-state index contributed by atoms with van der Waals surface area (Å²) >= 11 is 3.32. The van der Waals surface area contributed by atoms with Gasteiger partial charge in [0.1, 0.15) is 0 Å². The third-order valence-corrected chi connectivity index (χ3v) is 2.82. The molecule has 0 aliphatic rings. The Morgan fingerprint density at radius 3 is 2.29 bits per heavy atom. The van der Waals surface area contributed by atoms with Gasteiger partial charge in [-0.2, -0.15) is 0 Å². The Morgan fingerprint density at radius 1 is 1.21 bits per heavy atom. The number of terminal acetylenes is 1. The Labute approximate surface area is 109 Å². The van der Waals surface area contributed by atoms with Crippen LogP contribution >= 0.6 is 45.2 Å². The van der Waals surface area contributed by atoms with Crippen molar-refractivity contribution in [2.24, 2.45) is 0 Å². The summed E-state index contributed by atoms with van der Waals surface area (Å²) in [5.74, 6) is 2.40. The average molecular weight is 410 g/mol. The van der Waals surface area contributed by atoms with Crippen molar-refractivity contribution in [2.45, 2.75) is 0 Å². The van der Waals surface area contributed by atoms with E-state index in [1.807, 2.05) is 0 Å². The molecule has 0 aliphatic carbocycles. The minimum absolute atomic E-state index is 0.106. The average Bonchev–Trinajstić information content (AvgIpc) is 2.16. The van der Waals surface area contributed by atoms with Gasteiger partial charge in [-0.3, -0.25) is 9.59 Å². The molecular formula is C10H4I2O2. The third kappa shape index (κ3) is 2.54. The molecule has 0 fully saturated rings. The minimum atomic E-state index is -0.157. The predicted molar refractivity (Wildman–Crippen MR) is 71.1 cm³/mol. The van der Waals surface area contributed by atoms with Gasteiger partial charge in [-0.25, -0.2) is 0 Å². The molecule has 0 saturated carbocycles. The monoisotopic (exact) mass is 410 g/mol. The van der Waals surface area contributed by atoms with Crippen molar-refractivity contribution in [3.63, 3.8) is 0 Å². The fraction of sp³-hybridized carbons (Fsp3) is 0. The van der Waals surface area contributed by atoms with Gasteiger partial charge >= 0.3 is 0 Å². The van der Waals surface area contributed by atoms with E-state index in [4.69, 9.17) is 6.42 Å². The molecular weight excluding hydrogens is 406 g/mol. The zero-order chi connectivity index (χ0) is 10.7. The maximum Gasteiger partial charge on any atom is 0.223 e. The largest absolute Gasteiger partial charge is 0.282 e. The van der Waals surface area contributed by atoms with Gasteiger partial charge in [-0.1, -0.05) is 5.92 Å². The number of halogens is 2. The summed E-state index contributed by atoms with van der Waals surface area (Å²) in [6, 6.07) is 4.75. The summed E-state index contributed by atoms with van der Waals surface area (Å²) < 4.78 is -0.264. The molecule has 0 N–H and O–H groups in total. The number of benzene rings is 1. The van der Waals surface area contributed by atoms with E-state index in [2.05, 4.69) is 5.92 Å². The number of carbonyl (C=O) groups excluding carboxylic acids is 2. The van der Waals surface area contributed by atoms with Crippen LogP contribution in [0.4, 0.5) is 0 Å². The Balaban J connectivity index is 3.37. The van der Waals surface area contributed by atoms with Crippen molar-refractivity contribution in [3.8, 4) is 12.3 Å². The third-order valence-electron chi connectivity index (χ3n) is 1.61. The number of hydrogen-bond donors (Lipinski definition) is 0. The van der Waals surface area contributed by atoms with E-state index in [1.165, 1.54) is 6.07 Å². The lowest BCUT2D eigenvalue weighted by Gasteiger charge is -2.01. The van der Waals surface area contributed by atoms with Crippen molar-refractivity contribution in [1.82, 2.24) is 0 Å². The normalized spacial score (nSPS) is 9.21. The molecule has 0 aliphatic heterocycles. The molecule has 0 amide bonds. The van der Waals surface area contributed by atoms with Gasteiger partial charge in [0.2, 0.25) is 7.58 Å². The molecule has 0 bridgehead atoms. The van der Waals surface area contributed by atoms with Crippen molar-refractivity contribution < 1.29 is 9.59 Å². The molecule has 2 nitrogen and oxygen atoms in total. The molecule has 0 aromatic heterocycles. The highest BCUT2D eigenvalue weighted by atomic mass is 127. The fourth-order valence-electron chi connectivity index (χ4n) is 0.955. The van der Waals surface area contributed by atoms with Crippen LogP contribution in [0.3, 0.4) is 0 Å². The molecule has 0 radical (unpaired) electrons. The highest BCUT2D eigenvalue weighted by molar-refractivity contribution is 14.1. The lowest BCUT2D eigenvalue weighted by molar-refractivity contribution is 0.110. The first-order valence-corrected chi connectivity index (χ1v) is 5.72. The molecule has 1 aromatic rings. The molecule has 1 aromatic carbocycles. The second-order valence-electron chi connectivity index (χ2n) is 2.45. The van der Waals surface area contributed by atoms with E-state index >= 15 is 0 Å². The summed E-state index contributed by atoms with van der Waals surface area (Å²) in [4.78, 5) is 22.2. The quantitative estimate of drug-likeness (QED) is 0.427. The SMILES string of the molecule is C#Cc1ccc(C(=O)I)cc1C(=O)I. The summed E-state index contributed by atoms with van der Waals surface area (Å²) in [6.07, 6.45) is 5.22. The highest BCUT2D eigenvalue weighted by Gasteiger charge is 2.10. The van der Waals surface area contributed by atoms with Crippen LogP contribution in [-0.4, -0.2) is 7.58 Å². The Bertz CT molecular complexity index is 444. The summed E-state index contributed by atoms with van der Waals surface area (Å²) in [5.41, 5.74) is 1.42. The van der Waals surface area contributed by atoms with E-state index in [0.717, 1.165) is 0 Å². The lowest BCUT2D eigenvalue weighted by atomic mass is 10.1. The minimum Gasteiger partial charge on any atom is -0.282 e. The van der Waals surface area contributed by atoms with E-state index in [1.54, 1.807) is 57.3 Å². The van der Waals surface area contributed by atoms with Crippen LogP contribution in [0.25, 0.3) is 0 Å². The molecule has 4 heteroatoms. The molecule has 70 valence electrons. The van der Waals surface area contributed by atoms with Gasteiger partial charge in [0.05, 0.1) is 0 Å². The van der Waals surface area contributed by atoms with Gasteiger partial charge in [0.25, 0.3) is 0 Å². The first-order valence-electron chi connectivity index (χ1n) is 3.56. The van der Waals surface area contributed by atoms with E-state index in [-0.39, 0.29) is 7.58 Å². The van der Waals surface area contributed by atoms with E-state index < -0.39 is 0 Å². The van der Waals surface area contributed by atoms with E-state index in [0.29, 0.717) is 16.7 Å². The van der Waals surface area contributed by atoms with Crippen molar-refractivity contribution >= 4 is 52.8 Å². The molecule has 0 unspecified atom stereocenters. The molecule has 0 saturated heterocycles. The Kier molecular flexibility index (Phi) is 4.07. The Hall–Kier alpha value is -0.420. The molecule has 14 heavy (non-hydrogen) atoms. The molecule has 0 heterocycles. The van der Waals surface area contributed by atoms with Crippen LogP contribution in [0.2, 0.25) is 0 Å². The maximum absolute atomic E-state index is 11.2. The second-order valence-corrected chi connectivity index (χ2v) is 4.41. The standard InChI is InChI=1S/C10H4I2O2/c1-2-6-3-4-7(9(11)13)5-8(6)10(12)14/h1,3-5H. The predicted octanol–water partition coefficient (Wildman–Crippen LogP) is 2.82. The van der Waals surface area contributed by atoms with Gasteiger partial charge < -0.3 is 0 Å². The number of hydrogen-bond acceptors (Lipinski definition) is 2. The second kappa shape index (κ2) is 4.89. The maximum atomic E-state index is 11.2. The molecule has 1 rings (SSSR count). The summed E-state index contributed by atoms with van der Waals surface area (Å²) in [5, 5.41) is 0. The van der Waals surface area contributed by atoms with Crippen molar-refractivity contribution in [3.05, 3.63) is 34.9 Å². The number of carbonyl (C=O) groups is 2. The fourth-order valence-corrected chi connectivity index (χ4v) is 1.74. The topological polar surface area (TPSA) is 34.1 Å². The molecule has 0 atom stereocenters. The highest BCUT2D eigenvalue weighted by Crippen LogP contribution is 2.16. The van der Waals surface area contributed by atoms with Gasteiger partial charge in [0, 0.05) is 61.9 Å².